The molecule has 0 amide bonds. The summed E-state index contributed by atoms with van der Waals surface area (Å²) in [5, 5.41) is 0. The highest BCUT2D eigenvalue weighted by atomic mass is 16.5. The molecule has 0 aliphatic carbocycles. The van der Waals surface area contributed by atoms with Gasteiger partial charge in [0.2, 0.25) is 0 Å². The van der Waals surface area contributed by atoms with E-state index in [4.69, 9.17) is 9.47 Å². The van der Waals surface area contributed by atoms with E-state index >= 15 is 0 Å². The summed E-state index contributed by atoms with van der Waals surface area (Å²) in [4.78, 5) is 23.7. The van der Waals surface area contributed by atoms with Crippen molar-refractivity contribution in [2.24, 2.45) is 5.92 Å². The van der Waals surface area contributed by atoms with Crippen LogP contribution < -0.4 is 0 Å². The molecule has 1 atom stereocenters. The van der Waals surface area contributed by atoms with Crippen LogP contribution in [0.2, 0.25) is 0 Å². The maximum atomic E-state index is 11.9. The molecule has 0 rings (SSSR count). The average Bonchev–Trinajstić information content (AvgIpc) is 2.97. The van der Waals surface area contributed by atoms with Gasteiger partial charge < -0.3 is 9.47 Å². The van der Waals surface area contributed by atoms with Crippen molar-refractivity contribution in [3.05, 3.63) is 0 Å². The van der Waals surface area contributed by atoms with Gasteiger partial charge in [-0.3, -0.25) is 9.59 Å². The summed E-state index contributed by atoms with van der Waals surface area (Å²) in [6.45, 7) is 7.98. The Bertz CT molecular complexity index is 547. The largest absolute Gasteiger partial charge is 0.466 e. The maximum Gasteiger partial charge on any atom is 0.305 e. The van der Waals surface area contributed by atoms with Gasteiger partial charge in [0, 0.05) is 12.8 Å². The summed E-state index contributed by atoms with van der Waals surface area (Å²) < 4.78 is 10.8. The molecule has 0 N–H and O–H groups in total. The molecule has 4 nitrogen and oxygen atoms in total. The van der Waals surface area contributed by atoms with E-state index in [-0.39, 0.29) is 11.9 Å². The smallest absolute Gasteiger partial charge is 0.305 e. The summed E-state index contributed by atoms with van der Waals surface area (Å²) in [5.41, 5.74) is 0. The van der Waals surface area contributed by atoms with E-state index < -0.39 is 0 Å². The van der Waals surface area contributed by atoms with Crippen molar-refractivity contribution in [1.29, 1.82) is 0 Å². The van der Waals surface area contributed by atoms with Gasteiger partial charge in [-0.05, 0) is 31.6 Å². The number of hydrogen-bond donors (Lipinski definition) is 0. The lowest BCUT2D eigenvalue weighted by Crippen LogP contribution is -2.08. The number of unbranched alkanes of at least 4 members (excludes halogenated alkanes) is 22. The van der Waals surface area contributed by atoms with Crippen LogP contribution in [-0.2, 0) is 19.1 Å². The van der Waals surface area contributed by atoms with E-state index in [0.717, 1.165) is 32.1 Å². The van der Waals surface area contributed by atoms with Gasteiger partial charge in [0.05, 0.1) is 13.2 Å². The first-order valence-electron chi connectivity index (χ1n) is 18.4. The van der Waals surface area contributed by atoms with Crippen molar-refractivity contribution in [3.63, 3.8) is 0 Å². The second-order valence-electron chi connectivity index (χ2n) is 12.8. The van der Waals surface area contributed by atoms with E-state index in [0.29, 0.717) is 32.0 Å². The van der Waals surface area contributed by atoms with E-state index in [9.17, 15) is 9.59 Å². The van der Waals surface area contributed by atoms with Gasteiger partial charge >= 0.3 is 11.9 Å². The Morgan fingerprint density at radius 2 is 0.756 bits per heavy atom. The first kappa shape index (κ1) is 39.9. The number of esters is 2. The minimum Gasteiger partial charge on any atom is -0.466 e. The summed E-state index contributed by atoms with van der Waals surface area (Å²) in [5.74, 6) is 0.630. The minimum atomic E-state index is 0.00124. The molecule has 0 aromatic heterocycles. The molecule has 0 saturated heterocycles. The molecule has 244 valence electrons. The zero-order chi connectivity index (χ0) is 30.1. The summed E-state index contributed by atoms with van der Waals surface area (Å²) in [6.07, 6.45) is 35.1. The summed E-state index contributed by atoms with van der Waals surface area (Å²) in [6, 6.07) is 0. The van der Waals surface area contributed by atoms with Gasteiger partial charge in [-0.25, -0.2) is 0 Å². The van der Waals surface area contributed by atoms with Crippen molar-refractivity contribution in [2.45, 2.75) is 207 Å². The lowest BCUT2D eigenvalue weighted by atomic mass is 9.97. The summed E-state index contributed by atoms with van der Waals surface area (Å²) >= 11 is 0. The Labute approximate surface area is 256 Å². The van der Waals surface area contributed by atoms with Crippen LogP contribution in [0.5, 0.6) is 0 Å². The molecule has 0 radical (unpaired) electrons. The first-order chi connectivity index (χ1) is 20.1. The Hall–Kier alpha value is -1.06. The van der Waals surface area contributed by atoms with Crippen molar-refractivity contribution >= 4 is 11.9 Å². The molecule has 41 heavy (non-hydrogen) atoms. The normalized spacial score (nSPS) is 12.0. The highest BCUT2D eigenvalue weighted by Gasteiger charge is 2.08. The van der Waals surface area contributed by atoms with E-state index in [1.807, 2.05) is 0 Å². The van der Waals surface area contributed by atoms with Crippen LogP contribution in [0.4, 0.5) is 0 Å². The van der Waals surface area contributed by atoms with Crippen molar-refractivity contribution in [3.8, 4) is 0 Å². The molecule has 0 aliphatic heterocycles. The Morgan fingerprint density at radius 1 is 0.415 bits per heavy atom. The fraction of sp³-hybridized carbons (Fsp3) is 0.946. The summed E-state index contributed by atoms with van der Waals surface area (Å²) in [7, 11) is 0. The predicted octanol–water partition coefficient (Wildman–Crippen LogP) is 12.1. The molecule has 0 saturated carbocycles. The molecule has 0 spiro atoms. The molecule has 0 aromatic carbocycles. The van der Waals surface area contributed by atoms with Crippen LogP contribution in [0.15, 0.2) is 0 Å². The molecule has 0 aromatic rings. The topological polar surface area (TPSA) is 52.6 Å². The quantitative estimate of drug-likeness (QED) is 0.0572. The third-order valence-electron chi connectivity index (χ3n) is 8.44. The Morgan fingerprint density at radius 3 is 1.20 bits per heavy atom. The number of carbonyl (C=O) groups is 2. The van der Waals surface area contributed by atoms with Gasteiger partial charge in [0.15, 0.2) is 0 Å². The molecular weight excluding hydrogens is 508 g/mol. The lowest BCUT2D eigenvalue weighted by Gasteiger charge is -2.11. The zero-order valence-corrected chi connectivity index (χ0v) is 28.1. The van der Waals surface area contributed by atoms with Gasteiger partial charge in [0.25, 0.3) is 0 Å². The minimum absolute atomic E-state index is 0.00124. The van der Waals surface area contributed by atoms with Crippen molar-refractivity contribution < 1.29 is 19.1 Å². The van der Waals surface area contributed by atoms with Gasteiger partial charge in [0.1, 0.15) is 0 Å². The monoisotopic (exact) mass is 581 g/mol. The highest BCUT2D eigenvalue weighted by molar-refractivity contribution is 5.69. The standard InChI is InChI=1S/C37H72O4/c1-4-6-8-10-23-27-33-40-36(38)30-26-22-20-18-16-14-12-13-15-17-19-21-25-29-35(3)31-32-37(39)41-34-28-24-11-9-7-5-2/h35H,4-34H2,1-3H3. The van der Waals surface area contributed by atoms with E-state index in [2.05, 4.69) is 20.8 Å². The van der Waals surface area contributed by atoms with Crippen molar-refractivity contribution in [2.75, 3.05) is 13.2 Å². The van der Waals surface area contributed by atoms with Crippen LogP contribution in [0.1, 0.15) is 207 Å². The highest BCUT2D eigenvalue weighted by Crippen LogP contribution is 2.18. The maximum absolute atomic E-state index is 11.9. The Balaban J connectivity index is 3.28. The fourth-order valence-electron chi connectivity index (χ4n) is 5.50. The fourth-order valence-corrected chi connectivity index (χ4v) is 5.50. The second kappa shape index (κ2) is 33.4. The molecule has 0 fully saturated rings. The molecule has 0 aliphatic rings. The van der Waals surface area contributed by atoms with Crippen molar-refractivity contribution in [1.82, 2.24) is 0 Å². The van der Waals surface area contributed by atoms with Crippen LogP contribution in [0.25, 0.3) is 0 Å². The lowest BCUT2D eigenvalue weighted by molar-refractivity contribution is -0.144. The van der Waals surface area contributed by atoms with Crippen LogP contribution in [0, 0.1) is 5.92 Å². The average molecular weight is 581 g/mol. The van der Waals surface area contributed by atoms with Crippen LogP contribution >= 0.6 is 0 Å². The number of carbonyl (C=O) groups excluding carboxylic acids is 2. The van der Waals surface area contributed by atoms with E-state index in [1.54, 1.807) is 0 Å². The molecule has 0 bridgehead atoms. The predicted molar refractivity (Wildman–Crippen MR) is 176 cm³/mol. The van der Waals surface area contributed by atoms with Gasteiger partial charge in [-0.15, -0.1) is 0 Å². The molecule has 0 heterocycles. The Kier molecular flexibility index (Phi) is 32.6. The first-order valence-corrected chi connectivity index (χ1v) is 18.4. The van der Waals surface area contributed by atoms with Gasteiger partial charge in [-0.2, -0.15) is 0 Å². The number of rotatable bonds is 33. The zero-order valence-electron chi connectivity index (χ0n) is 28.1. The SMILES string of the molecule is CCCCCCCCOC(=O)CCCCCCCCCCCCCCCC(C)CCC(=O)OCCCCCCCC. The number of hydrogen-bond acceptors (Lipinski definition) is 4. The molecule has 4 heteroatoms. The third-order valence-corrected chi connectivity index (χ3v) is 8.44. The van der Waals surface area contributed by atoms with Crippen LogP contribution in [-0.4, -0.2) is 25.2 Å². The third kappa shape index (κ3) is 33.3. The van der Waals surface area contributed by atoms with E-state index in [1.165, 1.54) is 141 Å². The molecule has 1 unspecified atom stereocenters. The second-order valence-corrected chi connectivity index (χ2v) is 12.8. The van der Waals surface area contributed by atoms with Crippen LogP contribution in [0.3, 0.4) is 0 Å². The molecular formula is C37H72O4. The number of ether oxygens (including phenoxy) is 2. The van der Waals surface area contributed by atoms with Gasteiger partial charge in [-0.1, -0.05) is 168 Å².